The van der Waals surface area contributed by atoms with Crippen molar-refractivity contribution in [2.45, 2.75) is 32.2 Å². The highest BCUT2D eigenvalue weighted by Gasteiger charge is 2.23. The molecule has 0 radical (unpaired) electrons. The van der Waals surface area contributed by atoms with Gasteiger partial charge in [0.1, 0.15) is 0 Å². The van der Waals surface area contributed by atoms with Crippen LogP contribution < -0.4 is 20.5 Å². The monoisotopic (exact) mass is 280 g/mol. The van der Waals surface area contributed by atoms with Crippen molar-refractivity contribution in [2.75, 3.05) is 20.8 Å². The van der Waals surface area contributed by atoms with Crippen molar-refractivity contribution in [3.8, 4) is 11.5 Å². The third-order valence-corrected chi connectivity index (χ3v) is 3.66. The van der Waals surface area contributed by atoms with Gasteiger partial charge < -0.3 is 20.5 Å². The quantitative estimate of drug-likeness (QED) is 0.800. The fraction of sp³-hybridized carbons (Fsp3) is 0.533. The lowest BCUT2D eigenvalue weighted by molar-refractivity contribution is 0.0938. The van der Waals surface area contributed by atoms with Crippen LogP contribution in [0.2, 0.25) is 0 Å². The number of hydrogen-bond acceptors (Lipinski definition) is 4. The minimum atomic E-state index is -0.373. The zero-order valence-electron chi connectivity index (χ0n) is 12.7. The van der Waals surface area contributed by atoms with Gasteiger partial charge in [-0.2, -0.15) is 0 Å². The van der Waals surface area contributed by atoms with E-state index in [1.165, 1.54) is 7.11 Å². The molecule has 0 unspecified atom stereocenters. The van der Waals surface area contributed by atoms with Gasteiger partial charge in [0.15, 0.2) is 11.5 Å². The third kappa shape index (κ3) is 3.63. The lowest BCUT2D eigenvalue weighted by Gasteiger charge is -2.27. The van der Waals surface area contributed by atoms with Crippen molar-refractivity contribution >= 4 is 5.91 Å². The molecule has 0 atom stereocenters. The van der Waals surface area contributed by atoms with Gasteiger partial charge in [0, 0.05) is 12.1 Å². The summed E-state index contributed by atoms with van der Waals surface area (Å²) >= 11 is 0. The predicted molar refractivity (Wildman–Crippen MR) is 79.4 cm³/mol. The number of nitrogens with one attached hydrogen (secondary N) is 1. The van der Waals surface area contributed by atoms with Crippen LogP contribution >= 0.6 is 0 Å². The van der Waals surface area contributed by atoms with E-state index in [1.54, 1.807) is 25.3 Å². The van der Waals surface area contributed by atoms with E-state index in [4.69, 9.17) is 15.2 Å². The van der Waals surface area contributed by atoms with Crippen LogP contribution in [0.15, 0.2) is 18.2 Å². The highest BCUT2D eigenvalue weighted by molar-refractivity contribution is 5.97. The van der Waals surface area contributed by atoms with Crippen LogP contribution in [0, 0.1) is 0 Å². The molecule has 0 aliphatic carbocycles. The highest BCUT2D eigenvalue weighted by atomic mass is 16.5. The van der Waals surface area contributed by atoms with Crippen LogP contribution in [0.4, 0.5) is 0 Å². The van der Waals surface area contributed by atoms with Gasteiger partial charge in [-0.25, -0.2) is 0 Å². The van der Waals surface area contributed by atoms with Crippen LogP contribution in [-0.4, -0.2) is 32.2 Å². The van der Waals surface area contributed by atoms with Gasteiger partial charge in [0.2, 0.25) is 0 Å². The molecule has 1 aromatic rings. The second-order valence-corrected chi connectivity index (χ2v) is 4.79. The van der Waals surface area contributed by atoms with Gasteiger partial charge in [-0.15, -0.1) is 0 Å². The van der Waals surface area contributed by atoms with Crippen molar-refractivity contribution in [3.05, 3.63) is 23.8 Å². The summed E-state index contributed by atoms with van der Waals surface area (Å²) in [6.07, 6.45) is 1.61. The summed E-state index contributed by atoms with van der Waals surface area (Å²) in [6, 6.07) is 5.21. The van der Waals surface area contributed by atoms with Gasteiger partial charge in [-0.05, 0) is 25.0 Å². The van der Waals surface area contributed by atoms with Crippen molar-refractivity contribution in [1.82, 2.24) is 5.32 Å². The second kappa shape index (κ2) is 7.14. The summed E-state index contributed by atoms with van der Waals surface area (Å²) in [5.41, 5.74) is 6.25. The van der Waals surface area contributed by atoms with Crippen LogP contribution in [0.5, 0.6) is 11.5 Å². The maximum absolute atomic E-state index is 12.3. The van der Waals surface area contributed by atoms with E-state index in [1.807, 2.05) is 13.8 Å². The molecule has 0 saturated carbocycles. The maximum atomic E-state index is 12.3. The van der Waals surface area contributed by atoms with E-state index in [-0.39, 0.29) is 11.4 Å². The maximum Gasteiger partial charge on any atom is 0.255 e. The molecule has 0 aliphatic heterocycles. The first-order chi connectivity index (χ1) is 9.51. The number of hydrogen-bond donors (Lipinski definition) is 2. The fourth-order valence-electron chi connectivity index (χ4n) is 1.92. The summed E-state index contributed by atoms with van der Waals surface area (Å²) in [5, 5.41) is 2.87. The molecule has 1 aromatic carbocycles. The fourth-order valence-corrected chi connectivity index (χ4v) is 1.92. The van der Waals surface area contributed by atoms with E-state index in [9.17, 15) is 4.79 Å². The van der Waals surface area contributed by atoms with Gasteiger partial charge in [-0.3, -0.25) is 4.79 Å². The summed E-state index contributed by atoms with van der Waals surface area (Å²) in [5.74, 6) is 0.755. The summed E-state index contributed by atoms with van der Waals surface area (Å²) in [4.78, 5) is 12.3. The Morgan fingerprint density at radius 2 is 1.90 bits per heavy atom. The molecule has 1 rings (SSSR count). The number of rotatable bonds is 7. The van der Waals surface area contributed by atoms with Gasteiger partial charge in [0.05, 0.1) is 19.8 Å². The molecule has 0 bridgehead atoms. The number of methoxy groups -OCH3 is 2. The Morgan fingerprint density at radius 1 is 1.25 bits per heavy atom. The molecule has 0 fully saturated rings. The third-order valence-electron chi connectivity index (χ3n) is 3.66. The molecule has 5 nitrogen and oxygen atoms in total. The van der Waals surface area contributed by atoms with Crippen LogP contribution in [0.3, 0.4) is 0 Å². The minimum absolute atomic E-state index is 0.211. The number of para-hydroxylation sites is 1. The molecule has 20 heavy (non-hydrogen) atoms. The topological polar surface area (TPSA) is 73.6 Å². The Labute approximate surface area is 120 Å². The first-order valence-corrected chi connectivity index (χ1v) is 6.79. The lowest BCUT2D eigenvalue weighted by atomic mass is 9.94. The lowest BCUT2D eigenvalue weighted by Crippen LogP contribution is -2.49. The number of amides is 1. The molecule has 3 N–H and O–H groups in total. The first-order valence-electron chi connectivity index (χ1n) is 6.79. The minimum Gasteiger partial charge on any atom is -0.493 e. The zero-order chi connectivity index (χ0) is 15.2. The van der Waals surface area contributed by atoms with Crippen molar-refractivity contribution < 1.29 is 14.3 Å². The summed E-state index contributed by atoms with van der Waals surface area (Å²) in [6.45, 7) is 4.46. The Morgan fingerprint density at radius 3 is 2.40 bits per heavy atom. The van der Waals surface area contributed by atoms with E-state index >= 15 is 0 Å². The highest BCUT2D eigenvalue weighted by Crippen LogP contribution is 2.30. The molecule has 1 amide bonds. The van der Waals surface area contributed by atoms with Crippen molar-refractivity contribution in [1.29, 1.82) is 0 Å². The van der Waals surface area contributed by atoms with Crippen molar-refractivity contribution in [2.24, 2.45) is 5.73 Å². The molecular weight excluding hydrogens is 256 g/mol. The van der Waals surface area contributed by atoms with Gasteiger partial charge in [-0.1, -0.05) is 19.9 Å². The molecule has 0 spiro atoms. The largest absolute Gasteiger partial charge is 0.493 e. The molecular formula is C15H24N2O3. The number of nitrogens with two attached hydrogens (primary N) is 1. The van der Waals surface area contributed by atoms with Gasteiger partial charge >= 0.3 is 0 Å². The number of benzene rings is 1. The first kappa shape index (κ1) is 16.3. The number of carbonyl (C=O) groups excluding carboxylic acids is 1. The average molecular weight is 280 g/mol. The van der Waals surface area contributed by atoms with E-state index in [0.717, 1.165) is 12.8 Å². The Bertz CT molecular complexity index is 456. The SMILES string of the molecule is CCC(N)(CC)CNC(=O)c1cccc(OC)c1OC. The smallest absolute Gasteiger partial charge is 0.255 e. The van der Waals surface area contributed by atoms with E-state index in [2.05, 4.69) is 5.32 Å². The molecule has 0 aliphatic rings. The second-order valence-electron chi connectivity index (χ2n) is 4.79. The molecule has 5 heteroatoms. The van der Waals surface area contributed by atoms with E-state index in [0.29, 0.717) is 23.6 Å². The Kier molecular flexibility index (Phi) is 5.82. The van der Waals surface area contributed by atoms with Crippen LogP contribution in [0.1, 0.15) is 37.0 Å². The average Bonchev–Trinajstić information content (AvgIpc) is 2.51. The molecule has 0 heterocycles. The van der Waals surface area contributed by atoms with Gasteiger partial charge in [0.25, 0.3) is 5.91 Å². The van der Waals surface area contributed by atoms with Crippen LogP contribution in [0.25, 0.3) is 0 Å². The Hall–Kier alpha value is -1.75. The Balaban J connectivity index is 2.88. The van der Waals surface area contributed by atoms with Crippen molar-refractivity contribution in [3.63, 3.8) is 0 Å². The van der Waals surface area contributed by atoms with E-state index < -0.39 is 0 Å². The number of carbonyl (C=O) groups is 1. The predicted octanol–water partition coefficient (Wildman–Crippen LogP) is 1.95. The normalized spacial score (nSPS) is 11.1. The standard InChI is InChI=1S/C15H24N2O3/c1-5-15(16,6-2)10-17-14(18)11-8-7-9-12(19-3)13(11)20-4/h7-9H,5-6,10,16H2,1-4H3,(H,17,18). The molecule has 112 valence electrons. The molecule has 0 aromatic heterocycles. The summed E-state index contributed by atoms with van der Waals surface area (Å²) in [7, 11) is 3.05. The zero-order valence-corrected chi connectivity index (χ0v) is 12.7. The molecule has 0 saturated heterocycles. The summed E-state index contributed by atoms with van der Waals surface area (Å²) < 4.78 is 10.4. The van der Waals surface area contributed by atoms with Crippen LogP contribution in [-0.2, 0) is 0 Å². The number of ether oxygens (including phenoxy) is 2.